The standard InChI is InChI=1S/C49H36N2.C8H13N.C7H10/c1-49(2,3)37-26-34-19-22-40-42(32-17-15-31(16-18-32)36-10-9-25-50-30-36)29-43(41-23-20-35(27-37)47(34)48(40)41)33-21-24-46-44(28-33)39-13-7-8-14-45(39)51(46)38-11-5-4-6-12-38;1-4-5-6-8(9)7(2)3;1-3-5-7-6-4-2/h4-30H,1-3H3;4-6H,2,9H2,1,3H3;3-7H,1H2,2H3/b;5-4-,8-6-;6-4-,7-5-. The van der Waals surface area contributed by atoms with E-state index in [-0.39, 0.29) is 5.41 Å². The monoisotopic (exact) mass is 869 g/mol. The molecule has 8 aromatic carbocycles. The van der Waals surface area contributed by atoms with Crippen LogP contribution in [-0.4, -0.2) is 9.55 Å². The molecule has 0 saturated carbocycles. The van der Waals surface area contributed by atoms with Gasteiger partial charge in [-0.15, -0.1) is 0 Å². The molecule has 2 heterocycles. The zero-order valence-electron chi connectivity index (χ0n) is 39.6. The van der Waals surface area contributed by atoms with Gasteiger partial charge in [0.2, 0.25) is 0 Å². The molecule has 3 heteroatoms. The van der Waals surface area contributed by atoms with Crippen LogP contribution >= 0.6 is 0 Å². The molecule has 0 aliphatic heterocycles. The Morgan fingerprint density at radius 3 is 1.82 bits per heavy atom. The summed E-state index contributed by atoms with van der Waals surface area (Å²) in [6, 6.07) is 56.2. The van der Waals surface area contributed by atoms with Crippen LogP contribution in [0.1, 0.15) is 47.1 Å². The molecule has 0 fully saturated rings. The largest absolute Gasteiger partial charge is 0.399 e. The zero-order valence-corrected chi connectivity index (χ0v) is 39.6. The van der Waals surface area contributed by atoms with Gasteiger partial charge in [-0.2, -0.15) is 0 Å². The third-order valence-electron chi connectivity index (χ3n) is 12.3. The van der Waals surface area contributed by atoms with Gasteiger partial charge in [0.25, 0.3) is 0 Å². The molecule has 10 rings (SSSR count). The first-order valence-electron chi connectivity index (χ1n) is 23.0. The van der Waals surface area contributed by atoms with Crippen LogP contribution in [0.25, 0.3) is 93.2 Å². The molecule has 0 spiro atoms. The predicted octanol–water partition coefficient (Wildman–Crippen LogP) is 17.7. The molecule has 330 valence electrons. The number of hydrogen-bond donors (Lipinski definition) is 1. The second-order valence-electron chi connectivity index (χ2n) is 17.9. The number of allylic oxidation sites excluding steroid dienone is 9. The van der Waals surface area contributed by atoms with Crippen LogP contribution < -0.4 is 5.73 Å². The van der Waals surface area contributed by atoms with Crippen LogP contribution in [0.3, 0.4) is 0 Å². The van der Waals surface area contributed by atoms with Crippen molar-refractivity contribution in [3.8, 4) is 39.1 Å². The molecule has 0 aliphatic rings. The minimum Gasteiger partial charge on any atom is -0.399 e. The van der Waals surface area contributed by atoms with E-state index in [4.69, 9.17) is 5.73 Å². The van der Waals surface area contributed by atoms with Crippen LogP contribution in [0.4, 0.5) is 0 Å². The van der Waals surface area contributed by atoms with Gasteiger partial charge < -0.3 is 10.3 Å². The first kappa shape index (κ1) is 45.6. The summed E-state index contributed by atoms with van der Waals surface area (Å²) in [5.41, 5.74) is 19.4. The molecular weight excluding hydrogens is 811 g/mol. The molecule has 10 aromatic rings. The Balaban J connectivity index is 0.000000328. The van der Waals surface area contributed by atoms with E-state index in [2.05, 4.69) is 189 Å². The average Bonchev–Trinajstić information content (AvgIpc) is 3.69. The van der Waals surface area contributed by atoms with E-state index in [9.17, 15) is 0 Å². The summed E-state index contributed by atoms with van der Waals surface area (Å²) in [5.74, 6) is 0. The summed E-state index contributed by atoms with van der Waals surface area (Å²) >= 11 is 0. The van der Waals surface area contributed by atoms with Crippen LogP contribution in [0.2, 0.25) is 0 Å². The van der Waals surface area contributed by atoms with Crippen molar-refractivity contribution in [2.75, 3.05) is 0 Å². The molecule has 0 atom stereocenters. The molecule has 0 unspecified atom stereocenters. The normalized spacial score (nSPS) is 12.1. The van der Waals surface area contributed by atoms with Gasteiger partial charge in [0.05, 0.1) is 11.0 Å². The lowest BCUT2D eigenvalue weighted by atomic mass is 9.81. The van der Waals surface area contributed by atoms with Gasteiger partial charge in [-0.25, -0.2) is 0 Å². The summed E-state index contributed by atoms with van der Waals surface area (Å²) in [6.07, 6.45) is 18.9. The highest BCUT2D eigenvalue weighted by Gasteiger charge is 2.21. The summed E-state index contributed by atoms with van der Waals surface area (Å²) in [7, 11) is 0. The van der Waals surface area contributed by atoms with Gasteiger partial charge in [-0.3, -0.25) is 4.98 Å². The Labute approximate surface area is 396 Å². The number of fused-ring (bicyclic) bond motifs is 3. The lowest BCUT2D eigenvalue weighted by molar-refractivity contribution is 0.591. The molecule has 2 N–H and O–H groups in total. The van der Waals surface area contributed by atoms with Crippen LogP contribution in [-0.2, 0) is 5.41 Å². The Hall–Kier alpha value is -8.01. The third-order valence-corrected chi connectivity index (χ3v) is 12.3. The minimum atomic E-state index is 0.0606. The number of nitrogens with zero attached hydrogens (tertiary/aromatic N) is 2. The molecule has 0 aliphatic carbocycles. The van der Waals surface area contributed by atoms with E-state index >= 15 is 0 Å². The third kappa shape index (κ3) is 9.55. The van der Waals surface area contributed by atoms with Crippen molar-refractivity contribution in [3.05, 3.63) is 243 Å². The topological polar surface area (TPSA) is 43.8 Å². The highest BCUT2D eigenvalue weighted by molar-refractivity contribution is 6.28. The Morgan fingerprint density at radius 2 is 1.19 bits per heavy atom. The lowest BCUT2D eigenvalue weighted by Crippen LogP contribution is -2.10. The molecule has 2 aromatic heterocycles. The fraction of sp³-hybridized carbons (Fsp3) is 0.109. The van der Waals surface area contributed by atoms with E-state index in [1.807, 2.05) is 81.8 Å². The number of rotatable bonds is 8. The van der Waals surface area contributed by atoms with Gasteiger partial charge in [-0.05, 0) is 152 Å². The van der Waals surface area contributed by atoms with Crippen LogP contribution in [0.15, 0.2) is 237 Å². The molecule has 0 amide bonds. The summed E-state index contributed by atoms with van der Waals surface area (Å²) in [6.45, 7) is 19.9. The van der Waals surface area contributed by atoms with Gasteiger partial charge in [0.15, 0.2) is 0 Å². The number of nitrogens with two attached hydrogens (primary N) is 1. The first-order valence-corrected chi connectivity index (χ1v) is 23.0. The lowest BCUT2D eigenvalue weighted by Gasteiger charge is -2.23. The van der Waals surface area contributed by atoms with Gasteiger partial charge >= 0.3 is 0 Å². The predicted molar refractivity (Wildman–Crippen MR) is 293 cm³/mol. The zero-order chi connectivity index (χ0) is 47.1. The smallest absolute Gasteiger partial charge is 0.0541 e. The summed E-state index contributed by atoms with van der Waals surface area (Å²) in [4.78, 5) is 4.35. The van der Waals surface area contributed by atoms with E-state index in [1.54, 1.807) is 6.08 Å². The van der Waals surface area contributed by atoms with Crippen molar-refractivity contribution < 1.29 is 0 Å². The first-order chi connectivity index (χ1) is 32.5. The number of hydrogen-bond acceptors (Lipinski definition) is 2. The number of aromatic nitrogens is 2. The minimum absolute atomic E-state index is 0.0606. The Kier molecular flexibility index (Phi) is 13.6. The van der Waals surface area contributed by atoms with Crippen molar-refractivity contribution in [3.63, 3.8) is 0 Å². The van der Waals surface area contributed by atoms with Crippen LogP contribution in [0, 0.1) is 0 Å². The van der Waals surface area contributed by atoms with E-state index in [0.717, 1.165) is 16.8 Å². The Morgan fingerprint density at radius 1 is 0.567 bits per heavy atom. The number of para-hydroxylation sites is 2. The molecule has 3 nitrogen and oxygen atoms in total. The quantitative estimate of drug-likeness (QED) is 0.122. The van der Waals surface area contributed by atoms with E-state index < -0.39 is 0 Å². The van der Waals surface area contributed by atoms with E-state index in [0.29, 0.717) is 0 Å². The van der Waals surface area contributed by atoms with Crippen molar-refractivity contribution in [1.82, 2.24) is 9.55 Å². The molecule has 0 bridgehead atoms. The van der Waals surface area contributed by atoms with Crippen molar-refractivity contribution >= 4 is 54.1 Å². The molecule has 0 radical (unpaired) electrons. The Bertz CT molecular complexity index is 3460. The van der Waals surface area contributed by atoms with Gasteiger partial charge in [0, 0.05) is 34.6 Å². The maximum absolute atomic E-state index is 5.51. The number of pyridine rings is 1. The highest BCUT2D eigenvalue weighted by Crippen LogP contribution is 2.46. The highest BCUT2D eigenvalue weighted by atomic mass is 15.0. The maximum atomic E-state index is 5.51. The SMILES string of the molecule is C=C(C)/C(N)=C/C=C\C.C=C/C=C\C=C/C.CC(C)(C)c1cc2ccc3c(-c4ccc(-c5cccnc5)cc4)cc(-c4ccc5c(c4)c4ccccc4n5-c4ccccc4)c4ccc(c1)c2c34. The maximum Gasteiger partial charge on any atom is 0.0541 e. The molecule has 0 saturated heterocycles. The molecular formula is C64H59N3. The summed E-state index contributed by atoms with van der Waals surface area (Å²) in [5, 5.41) is 10.4. The number of benzene rings is 8. The second kappa shape index (κ2) is 20.0. The average molecular weight is 870 g/mol. The molecule has 67 heavy (non-hydrogen) atoms. The van der Waals surface area contributed by atoms with Crippen LogP contribution in [0.5, 0.6) is 0 Å². The second-order valence-corrected chi connectivity index (χ2v) is 17.9. The van der Waals surface area contributed by atoms with E-state index in [1.165, 1.54) is 93.2 Å². The fourth-order valence-electron chi connectivity index (χ4n) is 8.79. The summed E-state index contributed by atoms with van der Waals surface area (Å²) < 4.78 is 2.39. The van der Waals surface area contributed by atoms with Crippen molar-refractivity contribution in [2.24, 2.45) is 5.73 Å². The van der Waals surface area contributed by atoms with Gasteiger partial charge in [-0.1, -0.05) is 186 Å². The van der Waals surface area contributed by atoms with Crippen molar-refractivity contribution in [2.45, 2.75) is 47.0 Å². The van der Waals surface area contributed by atoms with Crippen molar-refractivity contribution in [1.29, 1.82) is 0 Å². The fourth-order valence-corrected chi connectivity index (χ4v) is 8.79. The van der Waals surface area contributed by atoms with Gasteiger partial charge in [0.1, 0.15) is 0 Å².